The minimum absolute atomic E-state index is 0.289. The average molecular weight is 263 g/mol. The molecule has 0 saturated carbocycles. The van der Waals surface area contributed by atoms with Crippen LogP contribution < -0.4 is 5.32 Å². The van der Waals surface area contributed by atoms with Crippen LogP contribution >= 0.6 is 0 Å². The molecule has 1 aromatic carbocycles. The van der Waals surface area contributed by atoms with Crippen LogP contribution in [-0.4, -0.2) is 33.9 Å². The first-order valence-electron chi connectivity index (χ1n) is 5.87. The van der Waals surface area contributed by atoms with E-state index < -0.39 is 12.5 Å². The number of carbonyl (C=O) groups is 1. The van der Waals surface area contributed by atoms with Crippen LogP contribution in [0.15, 0.2) is 36.5 Å². The Balaban J connectivity index is 1.95. The lowest BCUT2D eigenvalue weighted by Gasteiger charge is -2.02. The third kappa shape index (κ3) is 3.62. The van der Waals surface area contributed by atoms with Gasteiger partial charge in [0.15, 0.2) is 0 Å². The number of carbonyl (C=O) groups excluding carboxylic acids is 1. The second kappa shape index (κ2) is 6.10. The van der Waals surface area contributed by atoms with E-state index in [2.05, 4.69) is 10.4 Å². The van der Waals surface area contributed by atoms with E-state index in [1.807, 2.05) is 6.07 Å². The molecule has 2 rings (SSSR count). The maximum atomic E-state index is 12.8. The summed E-state index contributed by atoms with van der Waals surface area (Å²) < 4.78 is 14.4. The van der Waals surface area contributed by atoms with Crippen molar-refractivity contribution in [2.45, 2.75) is 6.42 Å². The Morgan fingerprint density at radius 3 is 2.74 bits per heavy atom. The van der Waals surface area contributed by atoms with Gasteiger partial charge in [-0.1, -0.05) is 0 Å². The molecule has 1 heterocycles. The maximum absolute atomic E-state index is 12.8. The topological polar surface area (TPSA) is 67.2 Å². The average Bonchev–Trinajstić information content (AvgIpc) is 2.88. The van der Waals surface area contributed by atoms with Gasteiger partial charge >= 0.3 is 0 Å². The number of hydrogen-bond donors (Lipinski definition) is 2. The fourth-order valence-electron chi connectivity index (χ4n) is 1.62. The number of rotatable bonds is 5. The van der Waals surface area contributed by atoms with Crippen molar-refractivity contribution in [3.63, 3.8) is 0 Å². The van der Waals surface area contributed by atoms with Crippen LogP contribution in [0.25, 0.3) is 5.69 Å². The molecule has 0 bridgehead atoms. The number of aliphatic hydroxyl groups excluding tert-OH is 1. The summed E-state index contributed by atoms with van der Waals surface area (Å²) in [6.07, 6.45) is 2.34. The second-order valence-corrected chi connectivity index (χ2v) is 3.99. The molecule has 2 aromatic rings. The van der Waals surface area contributed by atoms with Gasteiger partial charge in [0.25, 0.3) is 0 Å². The molecule has 0 radical (unpaired) electrons. The van der Waals surface area contributed by atoms with E-state index >= 15 is 0 Å². The van der Waals surface area contributed by atoms with E-state index in [1.54, 1.807) is 23.0 Å². The molecule has 1 aromatic heterocycles. The Kier molecular flexibility index (Phi) is 4.25. The summed E-state index contributed by atoms with van der Waals surface area (Å²) in [5.41, 5.74) is 1.58. The molecule has 5 nitrogen and oxygen atoms in total. The Labute approximate surface area is 109 Å². The van der Waals surface area contributed by atoms with E-state index in [-0.39, 0.29) is 5.82 Å². The summed E-state index contributed by atoms with van der Waals surface area (Å²) in [5, 5.41) is 15.4. The van der Waals surface area contributed by atoms with Crippen LogP contribution in [0.3, 0.4) is 0 Å². The van der Waals surface area contributed by atoms with Gasteiger partial charge in [-0.15, -0.1) is 0 Å². The normalized spacial score (nSPS) is 10.4. The van der Waals surface area contributed by atoms with Crippen LogP contribution in [0.5, 0.6) is 0 Å². The largest absolute Gasteiger partial charge is 0.387 e. The molecule has 0 aliphatic heterocycles. The summed E-state index contributed by atoms with van der Waals surface area (Å²) >= 11 is 0. The van der Waals surface area contributed by atoms with E-state index in [1.165, 1.54) is 12.1 Å². The highest BCUT2D eigenvalue weighted by molar-refractivity contribution is 5.76. The number of halogens is 1. The van der Waals surface area contributed by atoms with Crippen molar-refractivity contribution in [2.24, 2.45) is 0 Å². The van der Waals surface area contributed by atoms with Crippen molar-refractivity contribution in [3.05, 3.63) is 48.0 Å². The quantitative estimate of drug-likeness (QED) is 0.833. The first-order valence-corrected chi connectivity index (χ1v) is 5.87. The van der Waals surface area contributed by atoms with Crippen LogP contribution in [0.2, 0.25) is 0 Å². The molecule has 0 aliphatic carbocycles. The molecule has 1 amide bonds. The number of nitrogens with zero attached hydrogens (tertiary/aromatic N) is 2. The third-order valence-electron chi connectivity index (χ3n) is 2.58. The Morgan fingerprint density at radius 1 is 1.32 bits per heavy atom. The van der Waals surface area contributed by atoms with E-state index in [9.17, 15) is 9.18 Å². The van der Waals surface area contributed by atoms with Crippen LogP contribution in [0.1, 0.15) is 5.69 Å². The van der Waals surface area contributed by atoms with Gasteiger partial charge in [0.2, 0.25) is 5.91 Å². The standard InChI is InChI=1S/C13H14FN3O2/c14-10-1-3-12(4-2-10)17-8-6-11(16-17)5-7-15-13(19)9-18/h1-4,6,8,18H,5,7,9H2,(H,15,19). The van der Waals surface area contributed by atoms with Crippen molar-refractivity contribution >= 4 is 5.91 Å². The highest BCUT2D eigenvalue weighted by atomic mass is 19.1. The number of aromatic nitrogens is 2. The van der Waals surface area contributed by atoms with Crippen LogP contribution in [0.4, 0.5) is 4.39 Å². The molecule has 2 N–H and O–H groups in total. The SMILES string of the molecule is O=C(CO)NCCc1ccn(-c2ccc(F)cc2)n1. The zero-order chi connectivity index (χ0) is 13.7. The number of amides is 1. The number of hydrogen-bond acceptors (Lipinski definition) is 3. The first kappa shape index (κ1) is 13.2. The number of benzene rings is 1. The van der Waals surface area contributed by atoms with Gasteiger partial charge in [-0.05, 0) is 30.3 Å². The minimum atomic E-state index is -0.510. The maximum Gasteiger partial charge on any atom is 0.245 e. The highest BCUT2D eigenvalue weighted by Crippen LogP contribution is 2.09. The smallest absolute Gasteiger partial charge is 0.245 e. The van der Waals surface area contributed by atoms with Gasteiger partial charge in [0, 0.05) is 19.2 Å². The molecule has 100 valence electrons. The zero-order valence-corrected chi connectivity index (χ0v) is 10.2. The van der Waals surface area contributed by atoms with Crippen molar-refractivity contribution in [3.8, 4) is 5.69 Å². The van der Waals surface area contributed by atoms with Gasteiger partial charge in [-0.25, -0.2) is 9.07 Å². The zero-order valence-electron chi connectivity index (χ0n) is 10.2. The molecular formula is C13H14FN3O2. The van der Waals surface area contributed by atoms with Crippen molar-refractivity contribution in [2.75, 3.05) is 13.2 Å². The predicted molar refractivity (Wildman–Crippen MR) is 67.3 cm³/mol. The minimum Gasteiger partial charge on any atom is -0.387 e. The van der Waals surface area contributed by atoms with E-state index in [0.717, 1.165) is 11.4 Å². The summed E-state index contributed by atoms with van der Waals surface area (Å²) in [6, 6.07) is 7.85. The van der Waals surface area contributed by atoms with Crippen LogP contribution in [-0.2, 0) is 11.2 Å². The van der Waals surface area contributed by atoms with Gasteiger partial charge < -0.3 is 10.4 Å². The molecule has 0 unspecified atom stereocenters. The van der Waals surface area contributed by atoms with E-state index in [4.69, 9.17) is 5.11 Å². The molecule has 19 heavy (non-hydrogen) atoms. The Morgan fingerprint density at radius 2 is 2.05 bits per heavy atom. The molecule has 0 fully saturated rings. The second-order valence-electron chi connectivity index (χ2n) is 3.99. The predicted octanol–water partition coefficient (Wildman–Crippen LogP) is 0.662. The van der Waals surface area contributed by atoms with Crippen molar-refractivity contribution in [1.82, 2.24) is 15.1 Å². The fraction of sp³-hybridized carbons (Fsp3) is 0.231. The molecule has 0 aliphatic rings. The third-order valence-corrected chi connectivity index (χ3v) is 2.58. The van der Waals surface area contributed by atoms with Crippen molar-refractivity contribution < 1.29 is 14.3 Å². The Bertz CT molecular complexity index is 551. The van der Waals surface area contributed by atoms with Gasteiger partial charge in [-0.3, -0.25) is 4.79 Å². The summed E-state index contributed by atoms with van der Waals surface area (Å²) in [6.45, 7) is -0.0934. The summed E-state index contributed by atoms with van der Waals surface area (Å²) in [5.74, 6) is -0.694. The highest BCUT2D eigenvalue weighted by Gasteiger charge is 2.03. The summed E-state index contributed by atoms with van der Waals surface area (Å²) in [7, 11) is 0. The summed E-state index contributed by atoms with van der Waals surface area (Å²) in [4.78, 5) is 10.8. The monoisotopic (exact) mass is 263 g/mol. The lowest BCUT2D eigenvalue weighted by molar-refractivity contribution is -0.123. The first-order chi connectivity index (χ1) is 9.19. The molecule has 0 atom stereocenters. The van der Waals surface area contributed by atoms with Gasteiger partial charge in [0.05, 0.1) is 11.4 Å². The van der Waals surface area contributed by atoms with Crippen molar-refractivity contribution in [1.29, 1.82) is 0 Å². The van der Waals surface area contributed by atoms with Gasteiger partial charge in [-0.2, -0.15) is 5.10 Å². The lowest BCUT2D eigenvalue weighted by atomic mass is 10.3. The molecule has 0 spiro atoms. The molecular weight excluding hydrogens is 249 g/mol. The molecule has 6 heteroatoms. The van der Waals surface area contributed by atoms with E-state index in [0.29, 0.717) is 13.0 Å². The number of aliphatic hydroxyl groups is 1. The number of nitrogens with one attached hydrogen (secondary N) is 1. The lowest BCUT2D eigenvalue weighted by Crippen LogP contribution is -2.28. The van der Waals surface area contributed by atoms with Crippen LogP contribution in [0, 0.1) is 5.82 Å². The van der Waals surface area contributed by atoms with Gasteiger partial charge in [0.1, 0.15) is 12.4 Å². The fourth-order valence-corrected chi connectivity index (χ4v) is 1.62. The molecule has 0 saturated heterocycles. The Hall–Kier alpha value is -2.21.